The van der Waals surface area contributed by atoms with E-state index < -0.39 is 0 Å². The van der Waals surface area contributed by atoms with Crippen LogP contribution >= 0.6 is 11.6 Å². The summed E-state index contributed by atoms with van der Waals surface area (Å²) in [5, 5.41) is 0. The lowest BCUT2D eigenvalue weighted by Crippen LogP contribution is -1.96. The molecule has 1 aromatic rings. The van der Waals surface area contributed by atoms with Gasteiger partial charge in [0.05, 0.1) is 0 Å². The highest BCUT2D eigenvalue weighted by molar-refractivity contribution is 6.17. The maximum Gasteiger partial charge on any atom is 0.0258 e. The summed E-state index contributed by atoms with van der Waals surface area (Å²) in [6, 6.07) is 4.52. The smallest absolute Gasteiger partial charge is 0.0258 e. The Balaban J connectivity index is 2.89. The van der Waals surface area contributed by atoms with Crippen LogP contribution in [0.15, 0.2) is 23.8 Å². The summed E-state index contributed by atoms with van der Waals surface area (Å²) in [4.78, 5) is 0. The van der Waals surface area contributed by atoms with Gasteiger partial charge in [0.1, 0.15) is 0 Å². The van der Waals surface area contributed by atoms with E-state index in [-0.39, 0.29) is 0 Å². The van der Waals surface area contributed by atoms with E-state index in [1.54, 1.807) is 0 Å². The summed E-state index contributed by atoms with van der Waals surface area (Å²) >= 11 is 5.69. The summed E-state index contributed by atoms with van der Waals surface area (Å²) < 4.78 is 0. The third-order valence-corrected chi connectivity index (χ3v) is 3.12. The van der Waals surface area contributed by atoms with Crippen LogP contribution in [0.1, 0.15) is 35.6 Å². The molecule has 0 bridgehead atoms. The monoisotopic (exact) mass is 236 g/mol. The van der Waals surface area contributed by atoms with Crippen molar-refractivity contribution < 1.29 is 0 Å². The number of aryl methyl sites for hydroxylation is 3. The van der Waals surface area contributed by atoms with Gasteiger partial charge >= 0.3 is 0 Å². The first-order valence-electron chi connectivity index (χ1n) is 5.83. The fourth-order valence-electron chi connectivity index (χ4n) is 2.14. The molecule has 0 atom stereocenters. The minimum Gasteiger partial charge on any atom is -0.126 e. The van der Waals surface area contributed by atoms with Crippen LogP contribution in [0.2, 0.25) is 0 Å². The molecule has 0 radical (unpaired) electrons. The molecule has 1 rings (SSSR count). The molecule has 0 unspecified atom stereocenters. The van der Waals surface area contributed by atoms with E-state index in [1.807, 2.05) is 0 Å². The van der Waals surface area contributed by atoms with Crippen molar-refractivity contribution in [3.05, 3.63) is 46.0 Å². The highest BCUT2D eigenvalue weighted by Gasteiger charge is 2.04. The number of halogens is 1. The van der Waals surface area contributed by atoms with Gasteiger partial charge in [-0.1, -0.05) is 29.3 Å². The molecule has 0 aliphatic heterocycles. The zero-order valence-corrected chi connectivity index (χ0v) is 11.5. The third-order valence-electron chi connectivity index (χ3n) is 2.90. The Bertz CT molecular complexity index is 365. The number of allylic oxidation sites excluding steroid dienone is 2. The number of benzene rings is 1. The minimum absolute atomic E-state index is 0.712. The van der Waals surface area contributed by atoms with Crippen molar-refractivity contribution in [3.8, 4) is 0 Å². The predicted octanol–water partition coefficient (Wildman–Crippen LogP) is 4.73. The quantitative estimate of drug-likeness (QED) is 0.524. The molecule has 0 aliphatic carbocycles. The van der Waals surface area contributed by atoms with Crippen molar-refractivity contribution in [2.45, 2.75) is 40.5 Å². The Morgan fingerprint density at radius 1 is 1.19 bits per heavy atom. The van der Waals surface area contributed by atoms with Crippen molar-refractivity contribution >= 4 is 11.6 Å². The first kappa shape index (κ1) is 13.3. The summed E-state index contributed by atoms with van der Waals surface area (Å²) in [7, 11) is 0. The lowest BCUT2D eigenvalue weighted by Gasteiger charge is -2.11. The zero-order valence-electron chi connectivity index (χ0n) is 10.7. The molecule has 0 saturated carbocycles. The highest BCUT2D eigenvalue weighted by atomic mass is 35.5. The second-order valence-electron chi connectivity index (χ2n) is 4.58. The standard InChI is InChI=1S/C15H21Cl/c1-11(6-5-7-16)10-15-13(3)8-12(2)9-14(15)4/h6,8-9H,5,7,10H2,1-4H3. The summed E-state index contributed by atoms with van der Waals surface area (Å²) in [6.07, 6.45) is 4.26. The van der Waals surface area contributed by atoms with Gasteiger partial charge in [-0.25, -0.2) is 0 Å². The van der Waals surface area contributed by atoms with Gasteiger partial charge in [-0.15, -0.1) is 11.6 Å². The normalized spacial score (nSPS) is 11.9. The average Bonchev–Trinajstić information content (AvgIpc) is 2.20. The molecule has 0 saturated heterocycles. The molecule has 0 N–H and O–H groups in total. The Kier molecular flexibility index (Phi) is 5.08. The van der Waals surface area contributed by atoms with Crippen LogP contribution in [-0.2, 0) is 6.42 Å². The van der Waals surface area contributed by atoms with E-state index in [4.69, 9.17) is 11.6 Å². The third kappa shape index (κ3) is 3.68. The Labute approximate surface area is 104 Å². The van der Waals surface area contributed by atoms with Crippen molar-refractivity contribution in [2.24, 2.45) is 0 Å². The molecule has 0 aromatic heterocycles. The fourth-order valence-corrected chi connectivity index (χ4v) is 2.25. The largest absolute Gasteiger partial charge is 0.126 e. The number of alkyl halides is 1. The lowest BCUT2D eigenvalue weighted by atomic mass is 9.94. The Morgan fingerprint density at radius 2 is 1.75 bits per heavy atom. The minimum atomic E-state index is 0.712. The molecular formula is C15H21Cl. The zero-order chi connectivity index (χ0) is 12.1. The Morgan fingerprint density at radius 3 is 2.25 bits per heavy atom. The Hall–Kier alpha value is -0.750. The lowest BCUT2D eigenvalue weighted by molar-refractivity contribution is 1.05. The van der Waals surface area contributed by atoms with Crippen LogP contribution in [0, 0.1) is 20.8 Å². The van der Waals surface area contributed by atoms with Gasteiger partial charge in [-0.05, 0) is 57.2 Å². The molecular weight excluding hydrogens is 216 g/mol. The average molecular weight is 237 g/mol. The van der Waals surface area contributed by atoms with E-state index in [2.05, 4.69) is 45.9 Å². The van der Waals surface area contributed by atoms with Gasteiger partial charge in [-0.2, -0.15) is 0 Å². The second-order valence-corrected chi connectivity index (χ2v) is 4.96. The van der Waals surface area contributed by atoms with Gasteiger partial charge in [0, 0.05) is 5.88 Å². The SMILES string of the molecule is CC(=CCCCl)Cc1c(C)cc(C)cc1C. The van der Waals surface area contributed by atoms with E-state index in [1.165, 1.54) is 27.8 Å². The molecule has 0 aliphatic rings. The van der Waals surface area contributed by atoms with Crippen LogP contribution in [0.5, 0.6) is 0 Å². The van der Waals surface area contributed by atoms with E-state index >= 15 is 0 Å². The summed E-state index contributed by atoms with van der Waals surface area (Å²) in [6.45, 7) is 8.74. The molecule has 0 amide bonds. The molecule has 16 heavy (non-hydrogen) atoms. The van der Waals surface area contributed by atoms with E-state index in [9.17, 15) is 0 Å². The number of hydrogen-bond donors (Lipinski definition) is 0. The van der Waals surface area contributed by atoms with Crippen LogP contribution < -0.4 is 0 Å². The first-order chi connectivity index (χ1) is 7.54. The van der Waals surface area contributed by atoms with Crippen molar-refractivity contribution in [3.63, 3.8) is 0 Å². The van der Waals surface area contributed by atoms with E-state index in [0.717, 1.165) is 12.8 Å². The van der Waals surface area contributed by atoms with Crippen LogP contribution in [0.3, 0.4) is 0 Å². The van der Waals surface area contributed by atoms with Gasteiger partial charge in [0.2, 0.25) is 0 Å². The summed E-state index contributed by atoms with van der Waals surface area (Å²) in [5.41, 5.74) is 7.03. The van der Waals surface area contributed by atoms with Crippen molar-refractivity contribution in [1.82, 2.24) is 0 Å². The van der Waals surface area contributed by atoms with Gasteiger partial charge in [-0.3, -0.25) is 0 Å². The van der Waals surface area contributed by atoms with Crippen molar-refractivity contribution in [2.75, 3.05) is 5.88 Å². The number of hydrogen-bond acceptors (Lipinski definition) is 0. The molecule has 0 heterocycles. The number of rotatable bonds is 4. The summed E-state index contributed by atoms with van der Waals surface area (Å²) in [5.74, 6) is 0.712. The van der Waals surface area contributed by atoms with Gasteiger partial charge in [0.25, 0.3) is 0 Å². The maximum atomic E-state index is 5.69. The fraction of sp³-hybridized carbons (Fsp3) is 0.467. The topological polar surface area (TPSA) is 0 Å². The first-order valence-corrected chi connectivity index (χ1v) is 6.36. The van der Waals surface area contributed by atoms with Crippen molar-refractivity contribution in [1.29, 1.82) is 0 Å². The van der Waals surface area contributed by atoms with Crippen LogP contribution in [0.4, 0.5) is 0 Å². The molecule has 1 heteroatoms. The molecule has 88 valence electrons. The molecule has 0 fully saturated rings. The molecule has 0 nitrogen and oxygen atoms in total. The maximum absolute atomic E-state index is 5.69. The van der Waals surface area contributed by atoms with Crippen LogP contribution in [-0.4, -0.2) is 5.88 Å². The predicted molar refractivity (Wildman–Crippen MR) is 73.5 cm³/mol. The van der Waals surface area contributed by atoms with Gasteiger partial charge < -0.3 is 0 Å². The highest BCUT2D eigenvalue weighted by Crippen LogP contribution is 2.19. The second kappa shape index (κ2) is 6.10. The molecule has 1 aromatic carbocycles. The van der Waals surface area contributed by atoms with E-state index in [0.29, 0.717) is 5.88 Å². The van der Waals surface area contributed by atoms with Gasteiger partial charge in [0.15, 0.2) is 0 Å². The van der Waals surface area contributed by atoms with Crippen LogP contribution in [0.25, 0.3) is 0 Å². The molecule has 0 spiro atoms.